The van der Waals surface area contributed by atoms with Gasteiger partial charge in [-0.25, -0.2) is 0 Å². The summed E-state index contributed by atoms with van der Waals surface area (Å²) in [5.41, 5.74) is 3.49. The molecule has 2 aromatic rings. The maximum atomic E-state index is 12.6. The summed E-state index contributed by atoms with van der Waals surface area (Å²) in [6.45, 7) is 6.19. The summed E-state index contributed by atoms with van der Waals surface area (Å²) >= 11 is 0. The lowest BCUT2D eigenvalue weighted by molar-refractivity contribution is 0.479. The minimum Gasteiger partial charge on any atom is -0.506 e. The Balaban J connectivity index is 2.75. The van der Waals surface area contributed by atoms with Gasteiger partial charge in [0.1, 0.15) is 5.75 Å². The van der Waals surface area contributed by atoms with Gasteiger partial charge in [0, 0.05) is 16.6 Å². The fourth-order valence-corrected chi connectivity index (χ4v) is 2.79. The smallest absolute Gasteiger partial charge is 0.192 e. The van der Waals surface area contributed by atoms with E-state index in [0.717, 1.165) is 48.9 Å². The van der Waals surface area contributed by atoms with Gasteiger partial charge in [-0.15, -0.1) is 0 Å². The van der Waals surface area contributed by atoms with Gasteiger partial charge in [0.2, 0.25) is 0 Å². The Labute approximate surface area is 119 Å². The van der Waals surface area contributed by atoms with Crippen LogP contribution in [0.15, 0.2) is 16.9 Å². The van der Waals surface area contributed by atoms with Crippen molar-refractivity contribution >= 4 is 10.9 Å². The molecule has 0 amide bonds. The molecule has 0 bridgehead atoms. The normalized spacial score (nSPS) is 11.2. The lowest BCUT2D eigenvalue weighted by Crippen LogP contribution is -2.14. The highest BCUT2D eigenvalue weighted by molar-refractivity contribution is 5.85. The van der Waals surface area contributed by atoms with Crippen molar-refractivity contribution in [1.29, 1.82) is 0 Å². The van der Waals surface area contributed by atoms with Crippen molar-refractivity contribution in [2.45, 2.75) is 52.9 Å². The average molecular weight is 273 g/mol. The van der Waals surface area contributed by atoms with Crippen molar-refractivity contribution in [3.63, 3.8) is 0 Å². The predicted molar refractivity (Wildman–Crippen MR) is 83.6 cm³/mol. The van der Waals surface area contributed by atoms with Gasteiger partial charge in [0.05, 0.1) is 5.52 Å². The number of phenols is 1. The van der Waals surface area contributed by atoms with Crippen molar-refractivity contribution < 1.29 is 5.11 Å². The monoisotopic (exact) mass is 273 g/mol. The molecule has 0 saturated heterocycles. The molecule has 108 valence electrons. The first-order valence-electron chi connectivity index (χ1n) is 7.51. The summed E-state index contributed by atoms with van der Waals surface area (Å²) in [7, 11) is 0. The van der Waals surface area contributed by atoms with E-state index in [1.165, 1.54) is 0 Å². The van der Waals surface area contributed by atoms with Gasteiger partial charge < -0.3 is 10.1 Å². The number of pyridine rings is 1. The van der Waals surface area contributed by atoms with Crippen molar-refractivity contribution in [2.24, 2.45) is 0 Å². The van der Waals surface area contributed by atoms with Crippen LogP contribution in [0.1, 0.15) is 50.4 Å². The predicted octanol–water partition coefficient (Wildman–Crippen LogP) is 3.70. The van der Waals surface area contributed by atoms with E-state index in [-0.39, 0.29) is 11.2 Å². The molecule has 0 aliphatic heterocycles. The zero-order valence-electron chi connectivity index (χ0n) is 12.5. The van der Waals surface area contributed by atoms with Gasteiger partial charge in [0.15, 0.2) is 5.43 Å². The molecule has 2 N–H and O–H groups in total. The number of aromatic nitrogens is 1. The number of aromatic hydroxyl groups is 1. The molecule has 3 heteroatoms. The Kier molecular flexibility index (Phi) is 4.48. The van der Waals surface area contributed by atoms with E-state index in [9.17, 15) is 9.90 Å². The number of benzene rings is 1. The summed E-state index contributed by atoms with van der Waals surface area (Å²) in [4.78, 5) is 15.9. The highest BCUT2D eigenvalue weighted by Crippen LogP contribution is 2.25. The van der Waals surface area contributed by atoms with Crippen LogP contribution in [0.25, 0.3) is 10.9 Å². The number of nitrogens with one attached hydrogen (secondary N) is 1. The van der Waals surface area contributed by atoms with E-state index in [0.29, 0.717) is 10.9 Å². The van der Waals surface area contributed by atoms with Crippen molar-refractivity contribution in [2.75, 3.05) is 0 Å². The van der Waals surface area contributed by atoms with Crippen LogP contribution < -0.4 is 5.43 Å². The Morgan fingerprint density at radius 3 is 2.40 bits per heavy atom. The standard InChI is InChI=1S/C17H23NO2/c1-4-7-11-9-13-16(15(19)10-11)18-14(8-5-2)12(6-3)17(13)20/h9-10,19H,4-8H2,1-3H3,(H,18,20). The maximum Gasteiger partial charge on any atom is 0.192 e. The molecule has 0 atom stereocenters. The van der Waals surface area contributed by atoms with E-state index in [4.69, 9.17) is 0 Å². The molecule has 0 unspecified atom stereocenters. The second-order valence-electron chi connectivity index (χ2n) is 5.30. The van der Waals surface area contributed by atoms with Crippen LogP contribution in [0.5, 0.6) is 5.75 Å². The molecule has 0 fully saturated rings. The molecule has 0 radical (unpaired) electrons. The van der Waals surface area contributed by atoms with Gasteiger partial charge in [-0.3, -0.25) is 4.79 Å². The van der Waals surface area contributed by atoms with Crippen molar-refractivity contribution in [3.8, 4) is 5.75 Å². The molecule has 1 heterocycles. The molecular weight excluding hydrogens is 250 g/mol. The van der Waals surface area contributed by atoms with Crippen LogP contribution in [0, 0.1) is 0 Å². The topological polar surface area (TPSA) is 53.1 Å². The van der Waals surface area contributed by atoms with Crippen LogP contribution in [-0.2, 0) is 19.3 Å². The fraction of sp³-hybridized carbons (Fsp3) is 0.471. The molecular formula is C17H23NO2. The van der Waals surface area contributed by atoms with Crippen LogP contribution in [0.3, 0.4) is 0 Å². The number of hydrogen-bond acceptors (Lipinski definition) is 2. The summed E-state index contributed by atoms with van der Waals surface area (Å²) < 4.78 is 0. The Morgan fingerprint density at radius 2 is 1.80 bits per heavy atom. The summed E-state index contributed by atoms with van der Waals surface area (Å²) in [6, 6.07) is 3.69. The maximum absolute atomic E-state index is 12.6. The van der Waals surface area contributed by atoms with Gasteiger partial charge in [-0.2, -0.15) is 0 Å². The lowest BCUT2D eigenvalue weighted by atomic mass is 10.0. The fourth-order valence-electron chi connectivity index (χ4n) is 2.79. The number of H-pyrrole nitrogens is 1. The molecule has 0 aliphatic carbocycles. The zero-order chi connectivity index (χ0) is 14.7. The first-order chi connectivity index (χ1) is 9.62. The van der Waals surface area contributed by atoms with Crippen LogP contribution in [0.4, 0.5) is 0 Å². The SMILES string of the molecule is CCCc1cc(O)c2[nH]c(CCC)c(CC)c(=O)c2c1. The van der Waals surface area contributed by atoms with E-state index in [2.05, 4.69) is 18.8 Å². The summed E-state index contributed by atoms with van der Waals surface area (Å²) in [6.07, 6.45) is 4.41. The number of phenolic OH excluding ortho intramolecular Hbond substituents is 1. The highest BCUT2D eigenvalue weighted by atomic mass is 16.3. The minimum atomic E-state index is 0.0675. The lowest BCUT2D eigenvalue weighted by Gasteiger charge is -2.11. The number of aromatic amines is 1. The number of rotatable bonds is 5. The second-order valence-corrected chi connectivity index (χ2v) is 5.30. The third-order valence-electron chi connectivity index (χ3n) is 3.73. The van der Waals surface area contributed by atoms with E-state index >= 15 is 0 Å². The Hall–Kier alpha value is -1.77. The molecule has 20 heavy (non-hydrogen) atoms. The van der Waals surface area contributed by atoms with Gasteiger partial charge in [-0.1, -0.05) is 33.6 Å². The minimum absolute atomic E-state index is 0.0675. The quantitative estimate of drug-likeness (QED) is 0.872. The second kappa shape index (κ2) is 6.12. The summed E-state index contributed by atoms with van der Waals surface area (Å²) in [5, 5.41) is 10.8. The Bertz CT molecular complexity index is 671. The molecule has 1 aromatic carbocycles. The highest BCUT2D eigenvalue weighted by Gasteiger charge is 2.13. The van der Waals surface area contributed by atoms with Gasteiger partial charge >= 0.3 is 0 Å². The molecule has 0 saturated carbocycles. The first-order valence-corrected chi connectivity index (χ1v) is 7.51. The van der Waals surface area contributed by atoms with Crippen LogP contribution in [-0.4, -0.2) is 10.1 Å². The molecule has 2 rings (SSSR count). The van der Waals surface area contributed by atoms with Crippen molar-refractivity contribution in [3.05, 3.63) is 39.2 Å². The molecule has 0 aliphatic rings. The third kappa shape index (κ3) is 2.58. The molecule has 3 nitrogen and oxygen atoms in total. The largest absolute Gasteiger partial charge is 0.506 e. The van der Waals surface area contributed by atoms with Crippen LogP contribution >= 0.6 is 0 Å². The van der Waals surface area contributed by atoms with E-state index in [1.807, 2.05) is 13.0 Å². The summed E-state index contributed by atoms with van der Waals surface area (Å²) in [5.74, 6) is 0.183. The Morgan fingerprint density at radius 1 is 1.10 bits per heavy atom. The average Bonchev–Trinajstić information content (AvgIpc) is 2.41. The molecule has 0 spiro atoms. The van der Waals surface area contributed by atoms with E-state index < -0.39 is 0 Å². The number of hydrogen-bond donors (Lipinski definition) is 2. The van der Waals surface area contributed by atoms with Crippen molar-refractivity contribution in [1.82, 2.24) is 4.98 Å². The first kappa shape index (κ1) is 14.6. The van der Waals surface area contributed by atoms with Gasteiger partial charge in [-0.05, 0) is 37.0 Å². The third-order valence-corrected chi connectivity index (χ3v) is 3.73. The van der Waals surface area contributed by atoms with Gasteiger partial charge in [0.25, 0.3) is 0 Å². The van der Waals surface area contributed by atoms with Crippen LogP contribution in [0.2, 0.25) is 0 Å². The zero-order valence-corrected chi connectivity index (χ0v) is 12.5. The number of fused-ring (bicyclic) bond motifs is 1. The number of aryl methyl sites for hydroxylation is 2. The van der Waals surface area contributed by atoms with E-state index in [1.54, 1.807) is 6.07 Å². The molecule has 1 aromatic heterocycles.